The maximum atomic E-state index is 12.7. The largest absolute Gasteiger partial charge is 0.431 e. The van der Waals surface area contributed by atoms with Crippen molar-refractivity contribution in [3.8, 4) is 17.0 Å². The van der Waals surface area contributed by atoms with E-state index in [2.05, 4.69) is 25.4 Å². The van der Waals surface area contributed by atoms with Gasteiger partial charge in [-0.3, -0.25) is 4.90 Å². The normalized spacial score (nSPS) is 28.8. The molecule has 31 heavy (non-hydrogen) atoms. The third-order valence-electron chi connectivity index (χ3n) is 7.30. The topological polar surface area (TPSA) is 78.4 Å². The van der Waals surface area contributed by atoms with E-state index in [0.29, 0.717) is 35.4 Å². The average Bonchev–Trinajstić information content (AvgIpc) is 3.64. The number of imidazole rings is 1. The minimum Gasteiger partial charge on any atom is -0.431 e. The molecule has 2 saturated carbocycles. The number of halogens is 2. The van der Waals surface area contributed by atoms with Crippen molar-refractivity contribution in [1.29, 1.82) is 0 Å². The molecule has 9 heteroatoms. The highest BCUT2D eigenvalue weighted by Gasteiger charge is 2.58. The third kappa shape index (κ3) is 3.57. The lowest BCUT2D eigenvalue weighted by molar-refractivity contribution is -0.0494. The van der Waals surface area contributed by atoms with Gasteiger partial charge in [-0.2, -0.15) is 8.78 Å². The number of nitrogens with two attached hydrogens (primary N) is 1. The molecule has 1 unspecified atom stereocenters. The number of anilines is 1. The maximum absolute atomic E-state index is 12.7. The molecule has 4 heterocycles. The molecule has 0 aromatic carbocycles. The van der Waals surface area contributed by atoms with Crippen LogP contribution < -0.4 is 10.5 Å². The monoisotopic (exact) mass is 431 g/mol. The predicted octanol–water partition coefficient (Wildman–Crippen LogP) is 3.29. The van der Waals surface area contributed by atoms with Crippen molar-refractivity contribution in [3.05, 3.63) is 24.3 Å². The Kier molecular flexibility index (Phi) is 4.64. The second-order valence-electron chi connectivity index (χ2n) is 9.27. The molecule has 0 radical (unpaired) electrons. The van der Waals surface area contributed by atoms with Gasteiger partial charge in [0.05, 0.1) is 5.69 Å². The van der Waals surface area contributed by atoms with E-state index in [1.807, 2.05) is 0 Å². The third-order valence-corrected chi connectivity index (χ3v) is 7.30. The summed E-state index contributed by atoms with van der Waals surface area (Å²) in [5.74, 6) is 2.82. The Morgan fingerprint density at radius 3 is 2.55 bits per heavy atom. The van der Waals surface area contributed by atoms with Crippen molar-refractivity contribution < 1.29 is 18.3 Å². The molecule has 2 saturated heterocycles. The molecule has 0 amide bonds. The highest BCUT2D eigenvalue weighted by Crippen LogP contribution is 2.58. The zero-order valence-electron chi connectivity index (χ0n) is 17.3. The number of nitrogen functional groups attached to an aromatic ring is 1. The number of aromatic nitrogens is 3. The SMILES string of the molecule is Nc1ncc(-c2cn(C3[C@H]4CN(C5CCOCC5)C[C@@H]34)c(C3CC3)n2)cc1OC(F)F. The van der Waals surface area contributed by atoms with Gasteiger partial charge in [0.2, 0.25) is 0 Å². The number of hydrogen-bond acceptors (Lipinski definition) is 6. The van der Waals surface area contributed by atoms with Gasteiger partial charge < -0.3 is 19.8 Å². The summed E-state index contributed by atoms with van der Waals surface area (Å²) in [4.78, 5) is 11.6. The molecule has 7 nitrogen and oxygen atoms in total. The van der Waals surface area contributed by atoms with Gasteiger partial charge >= 0.3 is 6.61 Å². The van der Waals surface area contributed by atoms with Crippen LogP contribution in [0.15, 0.2) is 18.5 Å². The summed E-state index contributed by atoms with van der Waals surface area (Å²) in [6.45, 7) is 1.11. The fourth-order valence-corrected chi connectivity index (χ4v) is 5.50. The standard InChI is InChI=1S/C22H27F2N5O2/c23-22(24)31-18-7-13(8-26-20(18)25)17-11-29(21(27-17)12-1-2-12)19-15-9-28(10-16(15)19)14-3-5-30-6-4-14/h7-8,11-12,14-16,19,22H,1-6,9-10H2,(H2,25,26)/t15-,16+,19?. The van der Waals surface area contributed by atoms with Gasteiger partial charge in [-0.1, -0.05) is 0 Å². The van der Waals surface area contributed by atoms with Crippen LogP contribution in [0.4, 0.5) is 14.6 Å². The van der Waals surface area contributed by atoms with Crippen LogP contribution in [0.3, 0.4) is 0 Å². The van der Waals surface area contributed by atoms with Gasteiger partial charge in [-0.25, -0.2) is 9.97 Å². The van der Waals surface area contributed by atoms with E-state index in [1.165, 1.54) is 6.07 Å². The number of nitrogens with zero attached hydrogens (tertiary/aromatic N) is 4. The number of pyridine rings is 1. The van der Waals surface area contributed by atoms with Crippen molar-refractivity contribution in [1.82, 2.24) is 19.4 Å². The molecule has 3 atom stereocenters. The number of piperidine rings is 1. The Labute approximate surface area is 179 Å². The van der Waals surface area contributed by atoms with Gasteiger partial charge in [0.1, 0.15) is 5.82 Å². The molecule has 4 fully saturated rings. The number of likely N-dealkylation sites (tertiary alicyclic amines) is 1. The summed E-state index contributed by atoms with van der Waals surface area (Å²) < 4.78 is 37.8. The Hall–Kier alpha value is -2.26. The molecular weight excluding hydrogens is 404 g/mol. The van der Waals surface area contributed by atoms with Gasteiger partial charge in [0, 0.05) is 62.3 Å². The predicted molar refractivity (Wildman–Crippen MR) is 110 cm³/mol. The summed E-state index contributed by atoms with van der Waals surface area (Å²) in [6, 6.07) is 2.67. The Morgan fingerprint density at radius 2 is 1.87 bits per heavy atom. The molecule has 2 aliphatic heterocycles. The molecule has 4 aliphatic rings. The lowest BCUT2D eigenvalue weighted by atomic mass is 10.1. The average molecular weight is 431 g/mol. The van der Waals surface area contributed by atoms with Crippen LogP contribution in [-0.2, 0) is 4.74 Å². The molecule has 166 valence electrons. The molecule has 0 bridgehead atoms. The van der Waals surface area contributed by atoms with E-state index >= 15 is 0 Å². The molecule has 2 aromatic heterocycles. The Morgan fingerprint density at radius 1 is 1.13 bits per heavy atom. The van der Waals surface area contributed by atoms with Crippen molar-refractivity contribution in [2.24, 2.45) is 11.8 Å². The quantitative estimate of drug-likeness (QED) is 0.756. The first-order chi connectivity index (χ1) is 15.1. The second-order valence-corrected chi connectivity index (χ2v) is 9.27. The van der Waals surface area contributed by atoms with Crippen molar-refractivity contribution in [2.45, 2.75) is 50.3 Å². The molecule has 6 rings (SSSR count). The Balaban J connectivity index is 1.23. The fraction of sp³-hybridized carbons (Fsp3) is 0.636. The van der Waals surface area contributed by atoms with Gasteiger partial charge in [-0.05, 0) is 43.6 Å². The molecular formula is C22H27F2N5O2. The molecule has 2 aliphatic carbocycles. The summed E-state index contributed by atoms with van der Waals surface area (Å²) in [7, 11) is 0. The first kappa shape index (κ1) is 19.4. The minimum atomic E-state index is -2.94. The summed E-state index contributed by atoms with van der Waals surface area (Å²) >= 11 is 0. The smallest absolute Gasteiger partial charge is 0.387 e. The van der Waals surface area contributed by atoms with Gasteiger partial charge in [0.15, 0.2) is 11.6 Å². The van der Waals surface area contributed by atoms with E-state index in [0.717, 1.165) is 63.5 Å². The Bertz CT molecular complexity index is 961. The van der Waals surface area contributed by atoms with Crippen LogP contribution in [0.1, 0.15) is 43.5 Å². The van der Waals surface area contributed by atoms with Gasteiger partial charge in [-0.15, -0.1) is 0 Å². The lowest BCUT2D eigenvalue weighted by Crippen LogP contribution is -2.39. The summed E-state index contributed by atoms with van der Waals surface area (Å²) in [6.07, 6.45) is 8.25. The zero-order chi connectivity index (χ0) is 21.1. The van der Waals surface area contributed by atoms with E-state index in [4.69, 9.17) is 15.5 Å². The second kappa shape index (κ2) is 7.41. The van der Waals surface area contributed by atoms with Crippen LogP contribution in [-0.4, -0.2) is 58.4 Å². The molecule has 2 aromatic rings. The van der Waals surface area contributed by atoms with E-state index in [9.17, 15) is 8.78 Å². The number of hydrogen-bond donors (Lipinski definition) is 1. The highest BCUT2D eigenvalue weighted by molar-refractivity contribution is 5.64. The highest BCUT2D eigenvalue weighted by atomic mass is 19.3. The zero-order valence-corrected chi connectivity index (χ0v) is 17.3. The number of alkyl halides is 2. The van der Waals surface area contributed by atoms with Crippen LogP contribution in [0.5, 0.6) is 5.75 Å². The van der Waals surface area contributed by atoms with Crippen molar-refractivity contribution >= 4 is 5.82 Å². The summed E-state index contributed by atoms with van der Waals surface area (Å²) in [5.41, 5.74) is 7.10. The first-order valence-electron chi connectivity index (χ1n) is 11.2. The van der Waals surface area contributed by atoms with Crippen molar-refractivity contribution in [3.63, 3.8) is 0 Å². The van der Waals surface area contributed by atoms with Gasteiger partial charge in [0.25, 0.3) is 0 Å². The van der Waals surface area contributed by atoms with Crippen LogP contribution >= 0.6 is 0 Å². The summed E-state index contributed by atoms with van der Waals surface area (Å²) in [5, 5.41) is 0. The maximum Gasteiger partial charge on any atom is 0.387 e. The molecule has 2 N–H and O–H groups in total. The number of rotatable bonds is 6. The lowest BCUT2D eigenvalue weighted by Gasteiger charge is -2.32. The van der Waals surface area contributed by atoms with Crippen LogP contribution in [0.2, 0.25) is 0 Å². The number of fused-ring (bicyclic) bond motifs is 1. The fourth-order valence-electron chi connectivity index (χ4n) is 5.50. The molecule has 0 spiro atoms. The van der Waals surface area contributed by atoms with E-state index in [-0.39, 0.29) is 11.6 Å². The van der Waals surface area contributed by atoms with Crippen LogP contribution in [0, 0.1) is 11.8 Å². The first-order valence-corrected chi connectivity index (χ1v) is 11.2. The number of ether oxygens (including phenoxy) is 2. The van der Waals surface area contributed by atoms with Crippen molar-refractivity contribution in [2.75, 3.05) is 32.0 Å². The van der Waals surface area contributed by atoms with E-state index < -0.39 is 6.61 Å². The van der Waals surface area contributed by atoms with Crippen LogP contribution in [0.25, 0.3) is 11.3 Å². The minimum absolute atomic E-state index is 0.0455. The van der Waals surface area contributed by atoms with E-state index in [1.54, 1.807) is 6.20 Å².